The summed E-state index contributed by atoms with van der Waals surface area (Å²) in [6.07, 6.45) is 2.09. The molecule has 2 aliphatic rings. The molecule has 0 atom stereocenters. The molecule has 1 fully saturated rings. The molecule has 156 valence electrons. The van der Waals surface area contributed by atoms with Crippen LogP contribution in [0, 0.1) is 11.3 Å². The highest BCUT2D eigenvalue weighted by molar-refractivity contribution is 6.00. The third kappa shape index (κ3) is 5.02. The summed E-state index contributed by atoms with van der Waals surface area (Å²) in [6.45, 7) is 6.41. The van der Waals surface area contributed by atoms with Gasteiger partial charge >= 0.3 is 5.97 Å². The number of piperidine rings is 1. The van der Waals surface area contributed by atoms with Gasteiger partial charge in [0.15, 0.2) is 12.4 Å². The first kappa shape index (κ1) is 21.0. The van der Waals surface area contributed by atoms with E-state index in [9.17, 15) is 19.2 Å². The Morgan fingerprint density at radius 3 is 2.48 bits per heavy atom. The predicted molar refractivity (Wildman–Crippen MR) is 107 cm³/mol. The second-order valence-corrected chi connectivity index (χ2v) is 8.77. The summed E-state index contributed by atoms with van der Waals surface area (Å²) in [7, 11) is 0. The first-order valence-corrected chi connectivity index (χ1v) is 10.1. The molecule has 1 saturated heterocycles. The normalized spacial score (nSPS) is 17.3. The minimum atomic E-state index is -0.433. The SMILES string of the molecule is CC(C)(C)C(=O)N1CCC(C(=O)OCC(=O)c2ccc3c(c2)CCC(=O)N3)CC1. The number of nitrogens with one attached hydrogen (secondary N) is 1. The molecule has 2 amide bonds. The number of carbonyl (C=O) groups excluding carboxylic acids is 4. The molecule has 0 aliphatic carbocycles. The van der Waals surface area contributed by atoms with E-state index in [0.29, 0.717) is 44.3 Å². The molecule has 0 bridgehead atoms. The molecule has 0 unspecified atom stereocenters. The summed E-state index contributed by atoms with van der Waals surface area (Å²) < 4.78 is 5.26. The van der Waals surface area contributed by atoms with Crippen molar-refractivity contribution in [3.63, 3.8) is 0 Å². The molecule has 0 spiro atoms. The number of nitrogens with zero attached hydrogens (tertiary/aromatic N) is 1. The van der Waals surface area contributed by atoms with Gasteiger partial charge in [-0.15, -0.1) is 0 Å². The van der Waals surface area contributed by atoms with Crippen molar-refractivity contribution in [2.75, 3.05) is 25.0 Å². The largest absolute Gasteiger partial charge is 0.457 e. The van der Waals surface area contributed by atoms with E-state index < -0.39 is 5.41 Å². The van der Waals surface area contributed by atoms with Crippen LogP contribution in [-0.4, -0.2) is 48.2 Å². The molecule has 7 nitrogen and oxygen atoms in total. The van der Waals surface area contributed by atoms with Gasteiger partial charge in [0.1, 0.15) is 0 Å². The van der Waals surface area contributed by atoms with Crippen LogP contribution in [0.25, 0.3) is 0 Å². The van der Waals surface area contributed by atoms with Crippen LogP contribution in [0.2, 0.25) is 0 Å². The van der Waals surface area contributed by atoms with E-state index in [1.165, 1.54) is 0 Å². The van der Waals surface area contributed by atoms with Crippen LogP contribution in [0.15, 0.2) is 18.2 Å². The summed E-state index contributed by atoms with van der Waals surface area (Å²) in [5, 5.41) is 2.78. The maximum Gasteiger partial charge on any atom is 0.309 e. The van der Waals surface area contributed by atoms with Crippen molar-refractivity contribution in [2.45, 2.75) is 46.5 Å². The topological polar surface area (TPSA) is 92.8 Å². The fraction of sp³-hybridized carbons (Fsp3) is 0.545. The number of likely N-dealkylation sites (tertiary alicyclic amines) is 1. The van der Waals surface area contributed by atoms with Gasteiger partial charge in [0.05, 0.1) is 5.92 Å². The highest BCUT2D eigenvalue weighted by atomic mass is 16.5. The number of esters is 1. The Hall–Kier alpha value is -2.70. The quantitative estimate of drug-likeness (QED) is 0.619. The number of rotatable bonds is 4. The van der Waals surface area contributed by atoms with E-state index in [-0.39, 0.29) is 36.1 Å². The fourth-order valence-corrected chi connectivity index (χ4v) is 3.69. The number of anilines is 1. The minimum absolute atomic E-state index is 0.0271. The van der Waals surface area contributed by atoms with Gasteiger partial charge < -0.3 is 15.0 Å². The molecule has 1 aromatic carbocycles. The van der Waals surface area contributed by atoms with Gasteiger partial charge in [-0.25, -0.2) is 0 Å². The predicted octanol–water partition coefficient (Wildman–Crippen LogP) is 2.58. The number of benzene rings is 1. The average Bonchev–Trinajstić information content (AvgIpc) is 2.70. The lowest BCUT2D eigenvalue weighted by Crippen LogP contribution is -2.45. The fourth-order valence-electron chi connectivity index (χ4n) is 3.69. The van der Waals surface area contributed by atoms with Crippen LogP contribution in [0.1, 0.15) is 56.0 Å². The van der Waals surface area contributed by atoms with E-state index in [1.807, 2.05) is 20.8 Å². The van der Waals surface area contributed by atoms with E-state index in [2.05, 4.69) is 5.32 Å². The van der Waals surface area contributed by atoms with E-state index in [4.69, 9.17) is 4.74 Å². The number of Topliss-reactive ketones (excluding diaryl/α,β-unsaturated/α-hetero) is 1. The second-order valence-electron chi connectivity index (χ2n) is 8.77. The number of hydrogen-bond donors (Lipinski definition) is 1. The first-order valence-electron chi connectivity index (χ1n) is 10.1. The van der Waals surface area contributed by atoms with Crippen LogP contribution >= 0.6 is 0 Å². The Balaban J connectivity index is 1.49. The van der Waals surface area contributed by atoms with Crippen LogP contribution in [0.5, 0.6) is 0 Å². The van der Waals surface area contributed by atoms with Crippen LogP contribution in [0.4, 0.5) is 5.69 Å². The summed E-state index contributed by atoms with van der Waals surface area (Å²) in [6, 6.07) is 5.10. The molecule has 0 radical (unpaired) electrons. The molecule has 2 heterocycles. The molecular weight excluding hydrogens is 372 g/mol. The highest BCUT2D eigenvalue weighted by Gasteiger charge is 2.33. The van der Waals surface area contributed by atoms with Gasteiger partial charge in [-0.05, 0) is 43.0 Å². The molecular formula is C22H28N2O5. The van der Waals surface area contributed by atoms with E-state index in [0.717, 1.165) is 11.3 Å². The van der Waals surface area contributed by atoms with Crippen molar-refractivity contribution in [3.8, 4) is 0 Å². The van der Waals surface area contributed by atoms with Crippen molar-refractivity contribution < 1.29 is 23.9 Å². The number of fused-ring (bicyclic) bond motifs is 1. The number of carbonyl (C=O) groups is 4. The molecule has 29 heavy (non-hydrogen) atoms. The maximum absolute atomic E-state index is 12.4. The van der Waals surface area contributed by atoms with Gasteiger partial charge in [-0.2, -0.15) is 0 Å². The summed E-state index contributed by atoms with van der Waals surface area (Å²) in [4.78, 5) is 50.3. The van der Waals surface area contributed by atoms with Crippen molar-refractivity contribution in [2.24, 2.45) is 11.3 Å². The monoisotopic (exact) mass is 400 g/mol. The van der Waals surface area contributed by atoms with Crippen molar-refractivity contribution in [1.82, 2.24) is 4.90 Å². The number of ketones is 1. The number of ether oxygens (including phenoxy) is 1. The van der Waals surface area contributed by atoms with E-state index >= 15 is 0 Å². The molecule has 7 heteroatoms. The van der Waals surface area contributed by atoms with Crippen molar-refractivity contribution >= 4 is 29.3 Å². The van der Waals surface area contributed by atoms with Gasteiger partial charge in [0.25, 0.3) is 0 Å². The smallest absolute Gasteiger partial charge is 0.309 e. The molecule has 2 aliphatic heterocycles. The van der Waals surface area contributed by atoms with Crippen LogP contribution in [-0.2, 0) is 25.5 Å². The molecule has 3 rings (SSSR count). The maximum atomic E-state index is 12.4. The second kappa shape index (κ2) is 8.35. The summed E-state index contributed by atoms with van der Waals surface area (Å²) in [5.74, 6) is -0.876. The van der Waals surface area contributed by atoms with Gasteiger partial charge in [0.2, 0.25) is 11.8 Å². The zero-order valence-electron chi connectivity index (χ0n) is 17.2. The number of amides is 2. The number of aryl methyl sites for hydroxylation is 1. The summed E-state index contributed by atoms with van der Waals surface area (Å²) >= 11 is 0. The van der Waals surface area contributed by atoms with E-state index in [1.54, 1.807) is 23.1 Å². The standard InChI is InChI=1S/C22H28N2O5/c1-22(2,3)21(28)24-10-8-14(9-11-24)20(27)29-13-18(25)16-4-6-17-15(12-16)5-7-19(26)23-17/h4,6,12,14H,5,7-11,13H2,1-3H3,(H,23,26). The Morgan fingerprint density at radius 1 is 1.14 bits per heavy atom. The number of hydrogen-bond acceptors (Lipinski definition) is 5. The van der Waals surface area contributed by atoms with Gasteiger partial charge in [-0.3, -0.25) is 19.2 Å². The Bertz CT molecular complexity index is 832. The molecule has 0 aromatic heterocycles. The lowest BCUT2D eigenvalue weighted by Gasteiger charge is -2.34. The Kier molecular flexibility index (Phi) is 6.05. The minimum Gasteiger partial charge on any atom is -0.457 e. The zero-order valence-corrected chi connectivity index (χ0v) is 17.2. The average molecular weight is 400 g/mol. The molecule has 1 N–H and O–H groups in total. The van der Waals surface area contributed by atoms with Crippen molar-refractivity contribution in [1.29, 1.82) is 0 Å². The Labute approximate surface area is 170 Å². The Morgan fingerprint density at radius 2 is 1.83 bits per heavy atom. The summed E-state index contributed by atoms with van der Waals surface area (Å²) in [5.41, 5.74) is 1.68. The molecule has 0 saturated carbocycles. The first-order chi connectivity index (χ1) is 13.6. The van der Waals surface area contributed by atoms with Crippen LogP contribution in [0.3, 0.4) is 0 Å². The zero-order chi connectivity index (χ0) is 21.2. The van der Waals surface area contributed by atoms with Gasteiger partial charge in [-0.1, -0.05) is 20.8 Å². The van der Waals surface area contributed by atoms with Gasteiger partial charge in [0, 0.05) is 36.2 Å². The highest BCUT2D eigenvalue weighted by Crippen LogP contribution is 2.25. The third-order valence-corrected chi connectivity index (χ3v) is 5.43. The van der Waals surface area contributed by atoms with Crippen LogP contribution < -0.4 is 5.32 Å². The lowest BCUT2D eigenvalue weighted by atomic mass is 9.91. The molecule has 1 aromatic rings. The lowest BCUT2D eigenvalue weighted by molar-refractivity contribution is -0.152. The third-order valence-electron chi connectivity index (χ3n) is 5.43. The van der Waals surface area contributed by atoms with Crippen molar-refractivity contribution in [3.05, 3.63) is 29.3 Å².